The molecule has 1 N–H and O–H groups in total. The van der Waals surface area contributed by atoms with Gasteiger partial charge in [-0.1, -0.05) is 32.1 Å². The van der Waals surface area contributed by atoms with E-state index in [-0.39, 0.29) is 5.25 Å². The topological polar surface area (TPSA) is 46.2 Å². The summed E-state index contributed by atoms with van der Waals surface area (Å²) >= 11 is 0. The van der Waals surface area contributed by atoms with Crippen molar-refractivity contribution in [3.05, 3.63) is 0 Å². The summed E-state index contributed by atoms with van der Waals surface area (Å²) in [4.78, 5) is 0. The molecule has 2 saturated carbocycles. The molecule has 4 heteroatoms. The lowest BCUT2D eigenvalue weighted by atomic mass is 9.95. The van der Waals surface area contributed by atoms with Crippen molar-refractivity contribution in [1.82, 2.24) is 5.32 Å². The van der Waals surface area contributed by atoms with Crippen molar-refractivity contribution in [1.29, 1.82) is 0 Å². The van der Waals surface area contributed by atoms with E-state index < -0.39 is 9.84 Å². The Morgan fingerprint density at radius 1 is 0.889 bits per heavy atom. The molecule has 0 aromatic heterocycles. The molecule has 0 aromatic rings. The molecule has 3 nitrogen and oxygen atoms in total. The van der Waals surface area contributed by atoms with Crippen LogP contribution in [0.3, 0.4) is 0 Å². The Morgan fingerprint density at radius 2 is 1.50 bits per heavy atom. The van der Waals surface area contributed by atoms with Gasteiger partial charge in [0.05, 0.1) is 11.0 Å². The molecule has 0 aromatic carbocycles. The molecule has 0 amide bonds. The maximum absolute atomic E-state index is 12.1. The molecule has 0 radical (unpaired) electrons. The van der Waals surface area contributed by atoms with Gasteiger partial charge in [-0.3, -0.25) is 0 Å². The minimum atomic E-state index is -2.80. The Labute approximate surface area is 112 Å². The predicted molar refractivity (Wildman–Crippen MR) is 75.5 cm³/mol. The van der Waals surface area contributed by atoms with E-state index in [4.69, 9.17) is 0 Å². The molecule has 0 heterocycles. The first-order valence-electron chi connectivity index (χ1n) is 7.63. The lowest BCUT2D eigenvalue weighted by Crippen LogP contribution is -2.33. The van der Waals surface area contributed by atoms with Gasteiger partial charge in [-0.2, -0.15) is 0 Å². The molecule has 2 fully saturated rings. The van der Waals surface area contributed by atoms with Crippen LogP contribution < -0.4 is 5.32 Å². The number of hydrogen-bond acceptors (Lipinski definition) is 3. The highest BCUT2D eigenvalue weighted by Crippen LogP contribution is 2.25. The van der Waals surface area contributed by atoms with Gasteiger partial charge in [0.25, 0.3) is 0 Å². The SMILES string of the molecule is O=S(=O)(CCCNC1CCCCC1)C1CCCC1. The minimum Gasteiger partial charge on any atom is -0.314 e. The van der Waals surface area contributed by atoms with Crippen LogP contribution in [0, 0.1) is 0 Å². The van der Waals surface area contributed by atoms with Gasteiger partial charge < -0.3 is 5.32 Å². The van der Waals surface area contributed by atoms with Gasteiger partial charge >= 0.3 is 0 Å². The Balaban J connectivity index is 1.62. The highest BCUT2D eigenvalue weighted by Gasteiger charge is 2.27. The van der Waals surface area contributed by atoms with Gasteiger partial charge in [-0.25, -0.2) is 8.42 Å². The fourth-order valence-corrected chi connectivity index (χ4v) is 5.23. The standard InChI is InChI=1S/C14H27NO2S/c16-18(17,14-9-4-5-10-14)12-6-11-15-13-7-2-1-3-8-13/h13-15H,1-12H2. The Bertz CT molecular complexity index is 328. The highest BCUT2D eigenvalue weighted by atomic mass is 32.2. The normalized spacial score (nSPS) is 23.6. The van der Waals surface area contributed by atoms with E-state index in [1.54, 1.807) is 0 Å². The lowest BCUT2D eigenvalue weighted by Gasteiger charge is -2.22. The summed E-state index contributed by atoms with van der Waals surface area (Å²) in [7, 11) is -2.80. The second-order valence-electron chi connectivity index (χ2n) is 5.92. The first-order chi connectivity index (χ1) is 8.68. The highest BCUT2D eigenvalue weighted by molar-refractivity contribution is 7.92. The van der Waals surface area contributed by atoms with Gasteiger partial charge in [0.1, 0.15) is 0 Å². The van der Waals surface area contributed by atoms with Crippen LogP contribution in [0.5, 0.6) is 0 Å². The van der Waals surface area contributed by atoms with Gasteiger partial charge in [-0.05, 0) is 38.6 Å². The molecule has 0 saturated heterocycles. The van der Waals surface area contributed by atoms with Gasteiger partial charge in [0, 0.05) is 6.04 Å². The first-order valence-corrected chi connectivity index (χ1v) is 9.35. The van der Waals surface area contributed by atoms with E-state index in [9.17, 15) is 8.42 Å². The van der Waals surface area contributed by atoms with E-state index in [1.807, 2.05) is 0 Å². The van der Waals surface area contributed by atoms with E-state index >= 15 is 0 Å². The van der Waals surface area contributed by atoms with Crippen LogP contribution in [0.1, 0.15) is 64.2 Å². The molecule has 106 valence electrons. The van der Waals surface area contributed by atoms with Gasteiger partial charge in [-0.15, -0.1) is 0 Å². The molecule has 2 aliphatic rings. The summed E-state index contributed by atoms with van der Waals surface area (Å²) in [6.07, 6.45) is 11.4. The zero-order chi connectivity index (χ0) is 12.8. The van der Waals surface area contributed by atoms with Crippen molar-refractivity contribution < 1.29 is 8.42 Å². The smallest absolute Gasteiger partial charge is 0.153 e. The van der Waals surface area contributed by atoms with Crippen molar-refractivity contribution in [2.24, 2.45) is 0 Å². The van der Waals surface area contributed by atoms with Crippen LogP contribution >= 0.6 is 0 Å². The Kier molecular flexibility index (Phi) is 5.49. The zero-order valence-electron chi connectivity index (χ0n) is 11.4. The average molecular weight is 273 g/mol. The Morgan fingerprint density at radius 3 is 2.17 bits per heavy atom. The van der Waals surface area contributed by atoms with E-state index in [1.165, 1.54) is 32.1 Å². The second-order valence-corrected chi connectivity index (χ2v) is 8.32. The third-order valence-electron chi connectivity index (χ3n) is 4.45. The summed E-state index contributed by atoms with van der Waals surface area (Å²) in [6, 6.07) is 0.646. The van der Waals surface area contributed by atoms with E-state index in [0.717, 1.165) is 38.6 Å². The molecule has 0 aliphatic heterocycles. The molecule has 18 heavy (non-hydrogen) atoms. The lowest BCUT2D eigenvalue weighted by molar-refractivity contribution is 0.374. The minimum absolute atomic E-state index is 0.0211. The maximum Gasteiger partial charge on any atom is 0.153 e. The summed E-state index contributed by atoms with van der Waals surface area (Å²) in [5, 5.41) is 3.50. The number of rotatable bonds is 6. The zero-order valence-corrected chi connectivity index (χ0v) is 12.2. The summed E-state index contributed by atoms with van der Waals surface area (Å²) < 4.78 is 24.1. The second kappa shape index (κ2) is 6.90. The van der Waals surface area contributed by atoms with Crippen molar-refractivity contribution in [2.45, 2.75) is 75.5 Å². The van der Waals surface area contributed by atoms with Crippen LogP contribution in [0.4, 0.5) is 0 Å². The van der Waals surface area contributed by atoms with Crippen LogP contribution in [0.25, 0.3) is 0 Å². The number of nitrogens with one attached hydrogen (secondary N) is 1. The maximum atomic E-state index is 12.1. The average Bonchev–Trinajstić information content (AvgIpc) is 2.91. The van der Waals surface area contributed by atoms with Crippen molar-refractivity contribution in [3.63, 3.8) is 0 Å². The van der Waals surface area contributed by atoms with E-state index in [2.05, 4.69) is 5.32 Å². The summed E-state index contributed by atoms with van der Waals surface area (Å²) in [5.41, 5.74) is 0. The molecule has 0 bridgehead atoms. The monoisotopic (exact) mass is 273 g/mol. The number of hydrogen-bond donors (Lipinski definition) is 1. The van der Waals surface area contributed by atoms with Crippen molar-refractivity contribution in [3.8, 4) is 0 Å². The fourth-order valence-electron chi connectivity index (χ4n) is 3.30. The number of sulfone groups is 1. The third-order valence-corrected chi connectivity index (χ3v) is 6.80. The third kappa shape index (κ3) is 4.23. The van der Waals surface area contributed by atoms with Crippen LogP contribution in [-0.2, 0) is 9.84 Å². The van der Waals surface area contributed by atoms with Crippen LogP contribution in [0.15, 0.2) is 0 Å². The van der Waals surface area contributed by atoms with Gasteiger partial charge in [0.15, 0.2) is 9.84 Å². The van der Waals surface area contributed by atoms with Gasteiger partial charge in [0.2, 0.25) is 0 Å². The largest absolute Gasteiger partial charge is 0.314 e. The molecule has 0 spiro atoms. The van der Waals surface area contributed by atoms with Crippen LogP contribution in [0.2, 0.25) is 0 Å². The quantitative estimate of drug-likeness (QED) is 0.757. The van der Waals surface area contributed by atoms with Crippen molar-refractivity contribution >= 4 is 9.84 Å². The Hall–Kier alpha value is -0.0900. The molecule has 2 rings (SSSR count). The first kappa shape index (κ1) is 14.3. The summed E-state index contributed by atoms with van der Waals surface area (Å²) in [6.45, 7) is 0.872. The summed E-state index contributed by atoms with van der Waals surface area (Å²) in [5.74, 6) is 0.386. The van der Waals surface area contributed by atoms with Crippen molar-refractivity contribution in [2.75, 3.05) is 12.3 Å². The van der Waals surface area contributed by atoms with Crippen LogP contribution in [-0.4, -0.2) is 32.0 Å². The fraction of sp³-hybridized carbons (Fsp3) is 1.00. The molecule has 0 atom stereocenters. The van der Waals surface area contributed by atoms with E-state index in [0.29, 0.717) is 11.8 Å². The molecular formula is C14H27NO2S. The molecule has 0 unspecified atom stereocenters. The molecular weight excluding hydrogens is 246 g/mol. The molecule has 2 aliphatic carbocycles. The predicted octanol–water partition coefficient (Wildman–Crippen LogP) is 2.66.